The predicted molar refractivity (Wildman–Crippen MR) is 107 cm³/mol. The summed E-state index contributed by atoms with van der Waals surface area (Å²) in [5.41, 5.74) is 2.89. The number of hydrogen-bond acceptors (Lipinski definition) is 7. The van der Waals surface area contributed by atoms with Crippen LogP contribution in [0.25, 0.3) is 11.0 Å². The summed E-state index contributed by atoms with van der Waals surface area (Å²) < 4.78 is 17.2. The van der Waals surface area contributed by atoms with Crippen LogP contribution in [0.15, 0.2) is 24.5 Å². The molecule has 0 unspecified atom stereocenters. The van der Waals surface area contributed by atoms with E-state index in [0.717, 1.165) is 87.7 Å². The summed E-state index contributed by atoms with van der Waals surface area (Å²) in [5.74, 6) is 0.857. The van der Waals surface area contributed by atoms with Gasteiger partial charge in [0.1, 0.15) is 11.3 Å². The highest BCUT2D eigenvalue weighted by Crippen LogP contribution is 2.33. The van der Waals surface area contributed by atoms with Crippen LogP contribution in [0.4, 0.5) is 5.69 Å². The molecule has 1 aromatic carbocycles. The van der Waals surface area contributed by atoms with E-state index < -0.39 is 0 Å². The number of hydrogen-bond donors (Lipinski definition) is 1. The molecule has 3 fully saturated rings. The second-order valence-corrected chi connectivity index (χ2v) is 7.96. The van der Waals surface area contributed by atoms with Crippen molar-refractivity contribution in [1.29, 1.82) is 0 Å². The first-order valence-electron chi connectivity index (χ1n) is 10.4. The molecule has 1 aliphatic carbocycles. The number of benzene rings is 1. The van der Waals surface area contributed by atoms with Crippen molar-refractivity contribution in [3.05, 3.63) is 24.5 Å². The van der Waals surface area contributed by atoms with Gasteiger partial charge in [-0.1, -0.05) is 0 Å². The van der Waals surface area contributed by atoms with Gasteiger partial charge in [-0.15, -0.1) is 0 Å². The molecule has 1 saturated carbocycles. The molecule has 1 aromatic heterocycles. The summed E-state index contributed by atoms with van der Waals surface area (Å²) in [4.78, 5) is 11.4. The summed E-state index contributed by atoms with van der Waals surface area (Å²) in [5, 5.41) is 3.70. The fourth-order valence-electron chi connectivity index (χ4n) is 4.31. The van der Waals surface area contributed by atoms with Crippen molar-refractivity contribution in [2.45, 2.75) is 43.9 Å². The zero-order valence-electron chi connectivity index (χ0n) is 16.2. The third-order valence-electron chi connectivity index (χ3n) is 5.98. The van der Waals surface area contributed by atoms with Gasteiger partial charge in [0.2, 0.25) is 0 Å². The highest BCUT2D eigenvalue weighted by Gasteiger charge is 2.27. The van der Waals surface area contributed by atoms with Gasteiger partial charge in [-0.05, 0) is 31.7 Å². The topological polar surface area (TPSA) is 68.7 Å². The summed E-state index contributed by atoms with van der Waals surface area (Å²) in [6, 6.07) is 5.39. The van der Waals surface area contributed by atoms with Crippen molar-refractivity contribution in [2.24, 2.45) is 0 Å². The summed E-state index contributed by atoms with van der Waals surface area (Å²) in [6.07, 6.45) is 8.15. The molecule has 7 heteroatoms. The van der Waals surface area contributed by atoms with Crippen LogP contribution in [0.1, 0.15) is 25.7 Å². The van der Waals surface area contributed by atoms with Gasteiger partial charge in [0.05, 0.1) is 44.1 Å². The van der Waals surface area contributed by atoms with Crippen molar-refractivity contribution < 1.29 is 14.2 Å². The maximum Gasteiger partial charge on any atom is 0.149 e. The Hall–Kier alpha value is -1.96. The van der Waals surface area contributed by atoms with Crippen LogP contribution in [-0.4, -0.2) is 67.7 Å². The molecule has 3 aliphatic rings. The average molecular weight is 384 g/mol. The van der Waals surface area contributed by atoms with E-state index in [9.17, 15) is 0 Å². The maximum atomic E-state index is 6.48. The van der Waals surface area contributed by atoms with Gasteiger partial charge < -0.3 is 24.4 Å². The van der Waals surface area contributed by atoms with E-state index in [0.29, 0.717) is 12.1 Å². The third-order valence-corrected chi connectivity index (χ3v) is 5.98. The monoisotopic (exact) mass is 384 g/mol. The Morgan fingerprint density at radius 2 is 1.71 bits per heavy atom. The summed E-state index contributed by atoms with van der Waals surface area (Å²) in [7, 11) is 0. The van der Waals surface area contributed by atoms with Gasteiger partial charge >= 0.3 is 0 Å². The number of anilines is 1. The number of aromatic nitrogens is 2. The average Bonchev–Trinajstić information content (AvgIpc) is 2.72. The number of ether oxygens (including phenoxy) is 3. The van der Waals surface area contributed by atoms with Crippen LogP contribution in [0.5, 0.6) is 5.75 Å². The Kier molecular flexibility index (Phi) is 5.29. The van der Waals surface area contributed by atoms with Gasteiger partial charge in [0.25, 0.3) is 0 Å². The second kappa shape index (κ2) is 8.19. The molecule has 0 spiro atoms. The molecule has 1 N–H and O–H groups in total. The first-order valence-corrected chi connectivity index (χ1v) is 10.4. The maximum absolute atomic E-state index is 6.48. The molecular formula is C21H28N4O3. The lowest BCUT2D eigenvalue weighted by Crippen LogP contribution is -2.51. The minimum atomic E-state index is 0.237. The molecule has 0 bridgehead atoms. The Balaban J connectivity index is 1.30. The SMILES string of the molecule is c1cnc2c(OC3CCC(NC4COC4)CC3)cc(N3CCOCC3)cc2n1. The molecule has 7 nitrogen and oxygen atoms in total. The lowest BCUT2D eigenvalue weighted by atomic mass is 9.92. The second-order valence-electron chi connectivity index (χ2n) is 7.96. The van der Waals surface area contributed by atoms with E-state index in [1.807, 2.05) is 0 Å². The van der Waals surface area contributed by atoms with Gasteiger partial charge in [0.15, 0.2) is 0 Å². The van der Waals surface area contributed by atoms with Gasteiger partial charge in [-0.25, -0.2) is 4.98 Å². The first-order chi connectivity index (χ1) is 13.8. The predicted octanol–water partition coefficient (Wildman–Crippen LogP) is 2.14. The molecule has 0 radical (unpaired) electrons. The van der Waals surface area contributed by atoms with Crippen LogP contribution >= 0.6 is 0 Å². The Morgan fingerprint density at radius 3 is 2.46 bits per heavy atom. The Bertz CT molecular complexity index is 799. The molecule has 5 rings (SSSR count). The van der Waals surface area contributed by atoms with E-state index in [1.165, 1.54) is 0 Å². The number of rotatable bonds is 5. The lowest BCUT2D eigenvalue weighted by molar-refractivity contribution is -0.0139. The zero-order valence-corrected chi connectivity index (χ0v) is 16.2. The van der Waals surface area contributed by atoms with Crippen molar-refractivity contribution in [2.75, 3.05) is 44.4 Å². The van der Waals surface area contributed by atoms with E-state index in [4.69, 9.17) is 14.2 Å². The van der Waals surface area contributed by atoms with Crippen molar-refractivity contribution in [3.63, 3.8) is 0 Å². The van der Waals surface area contributed by atoms with E-state index in [1.54, 1.807) is 12.4 Å². The molecule has 0 atom stereocenters. The fourth-order valence-corrected chi connectivity index (χ4v) is 4.31. The minimum Gasteiger partial charge on any atom is -0.488 e. The third kappa shape index (κ3) is 3.92. The number of morpholine rings is 1. The number of nitrogens with one attached hydrogen (secondary N) is 1. The number of fused-ring (bicyclic) bond motifs is 1. The van der Waals surface area contributed by atoms with Gasteiger partial charge in [-0.2, -0.15) is 0 Å². The summed E-state index contributed by atoms with van der Waals surface area (Å²) >= 11 is 0. The van der Waals surface area contributed by atoms with Crippen LogP contribution in [0, 0.1) is 0 Å². The molecule has 0 amide bonds. The smallest absolute Gasteiger partial charge is 0.149 e. The van der Waals surface area contributed by atoms with E-state index in [-0.39, 0.29) is 6.10 Å². The molecule has 3 heterocycles. The van der Waals surface area contributed by atoms with Crippen LogP contribution in [0.3, 0.4) is 0 Å². The van der Waals surface area contributed by atoms with Crippen LogP contribution in [0.2, 0.25) is 0 Å². The minimum absolute atomic E-state index is 0.237. The zero-order chi connectivity index (χ0) is 18.8. The molecule has 2 aromatic rings. The molecule has 150 valence electrons. The van der Waals surface area contributed by atoms with Gasteiger partial charge in [-0.3, -0.25) is 4.98 Å². The lowest BCUT2D eigenvalue weighted by Gasteiger charge is -2.35. The molecule has 2 aliphatic heterocycles. The fraction of sp³-hybridized carbons (Fsp3) is 0.619. The van der Waals surface area contributed by atoms with Crippen molar-refractivity contribution >= 4 is 16.7 Å². The van der Waals surface area contributed by atoms with Gasteiger partial charge in [0, 0.05) is 43.3 Å². The van der Waals surface area contributed by atoms with Crippen LogP contribution in [-0.2, 0) is 9.47 Å². The normalized spacial score (nSPS) is 26.2. The summed E-state index contributed by atoms with van der Waals surface area (Å²) in [6.45, 7) is 5.03. The largest absolute Gasteiger partial charge is 0.488 e. The first kappa shape index (κ1) is 18.1. The molecule has 2 saturated heterocycles. The molecule has 28 heavy (non-hydrogen) atoms. The highest BCUT2D eigenvalue weighted by molar-refractivity contribution is 5.85. The Morgan fingerprint density at radius 1 is 0.929 bits per heavy atom. The molecular weight excluding hydrogens is 356 g/mol. The van der Waals surface area contributed by atoms with Crippen molar-refractivity contribution in [3.8, 4) is 5.75 Å². The highest BCUT2D eigenvalue weighted by atomic mass is 16.5. The Labute approximate surface area is 165 Å². The number of nitrogens with zero attached hydrogens (tertiary/aromatic N) is 3. The van der Waals surface area contributed by atoms with Crippen molar-refractivity contribution in [1.82, 2.24) is 15.3 Å². The quantitative estimate of drug-likeness (QED) is 0.847. The van der Waals surface area contributed by atoms with Crippen LogP contribution < -0.4 is 15.0 Å². The van der Waals surface area contributed by atoms with E-state index in [2.05, 4.69) is 32.3 Å². The standard InChI is InChI=1S/C21H28N4O3/c1-3-18(4-2-15(1)24-16-13-27-14-16)28-20-12-17(25-7-9-26-10-8-25)11-19-21(20)23-6-5-22-19/h5-6,11-12,15-16,18,24H,1-4,7-10,13-14H2. The van der Waals surface area contributed by atoms with E-state index >= 15 is 0 Å².